The summed E-state index contributed by atoms with van der Waals surface area (Å²) in [6.07, 6.45) is 4.85. The average Bonchev–Trinajstić information content (AvgIpc) is 2.30. The summed E-state index contributed by atoms with van der Waals surface area (Å²) >= 11 is 0. The lowest BCUT2D eigenvalue weighted by Crippen LogP contribution is -2.09. The molecule has 0 atom stereocenters. The predicted molar refractivity (Wildman–Crippen MR) is 74.8 cm³/mol. The van der Waals surface area contributed by atoms with Crippen LogP contribution in [0.15, 0.2) is 18.2 Å². The molecular weight excluding hydrogens is 212 g/mol. The minimum atomic E-state index is 0.714. The second-order valence-electron chi connectivity index (χ2n) is 4.53. The summed E-state index contributed by atoms with van der Waals surface area (Å²) in [5, 5.41) is 0. The lowest BCUT2D eigenvalue weighted by molar-refractivity contribution is 0.306. The first kappa shape index (κ1) is 13.7. The summed E-state index contributed by atoms with van der Waals surface area (Å²) in [6, 6.07) is 5.89. The Hall–Kier alpha value is -1.38. The maximum Gasteiger partial charge on any atom is 0.144 e. The number of benzene rings is 1. The van der Waals surface area contributed by atoms with Gasteiger partial charge in [-0.1, -0.05) is 26.2 Å². The highest BCUT2D eigenvalue weighted by Gasteiger charge is 2.03. The molecule has 2 N–H and O–H groups in total. The minimum Gasteiger partial charge on any atom is -0.491 e. The van der Waals surface area contributed by atoms with Gasteiger partial charge < -0.3 is 15.4 Å². The van der Waals surface area contributed by atoms with Crippen molar-refractivity contribution in [3.63, 3.8) is 0 Å². The largest absolute Gasteiger partial charge is 0.491 e. The minimum absolute atomic E-state index is 0.714. The van der Waals surface area contributed by atoms with Crippen LogP contribution in [0, 0.1) is 0 Å². The van der Waals surface area contributed by atoms with E-state index in [9.17, 15) is 0 Å². The first-order chi connectivity index (χ1) is 8.15. The van der Waals surface area contributed by atoms with Crippen LogP contribution in [0.5, 0.6) is 5.75 Å². The molecule has 17 heavy (non-hydrogen) atoms. The van der Waals surface area contributed by atoms with Gasteiger partial charge in [0.05, 0.1) is 12.3 Å². The zero-order chi connectivity index (χ0) is 12.7. The molecule has 0 aliphatic carbocycles. The molecule has 3 heteroatoms. The summed E-state index contributed by atoms with van der Waals surface area (Å²) in [5.41, 5.74) is 7.71. The van der Waals surface area contributed by atoms with Gasteiger partial charge in [0.15, 0.2) is 0 Å². The molecule has 1 rings (SSSR count). The van der Waals surface area contributed by atoms with E-state index in [1.807, 2.05) is 37.2 Å². The Morgan fingerprint density at radius 2 is 1.94 bits per heavy atom. The van der Waals surface area contributed by atoms with Crippen LogP contribution in [0.25, 0.3) is 0 Å². The van der Waals surface area contributed by atoms with E-state index in [-0.39, 0.29) is 0 Å². The van der Waals surface area contributed by atoms with Crippen LogP contribution in [0.1, 0.15) is 32.6 Å². The van der Waals surface area contributed by atoms with Crippen molar-refractivity contribution in [1.82, 2.24) is 0 Å². The van der Waals surface area contributed by atoms with E-state index >= 15 is 0 Å². The van der Waals surface area contributed by atoms with Crippen molar-refractivity contribution in [2.45, 2.75) is 32.6 Å². The summed E-state index contributed by atoms with van der Waals surface area (Å²) in [5.74, 6) is 0.799. The Balaban J connectivity index is 2.49. The maximum atomic E-state index is 5.89. The van der Waals surface area contributed by atoms with Gasteiger partial charge in [-0.2, -0.15) is 0 Å². The number of hydrogen-bond acceptors (Lipinski definition) is 3. The topological polar surface area (TPSA) is 38.5 Å². The highest BCUT2D eigenvalue weighted by molar-refractivity contribution is 5.61. The molecule has 0 unspecified atom stereocenters. The van der Waals surface area contributed by atoms with Gasteiger partial charge in [-0.25, -0.2) is 0 Å². The number of nitrogen functional groups attached to an aromatic ring is 1. The standard InChI is InChI=1S/C14H24N2O/c1-4-5-6-7-10-17-14-11-12(16(2)3)8-9-13(14)15/h8-9,11H,4-7,10,15H2,1-3H3. The molecule has 0 bridgehead atoms. The Labute approximate surface area is 105 Å². The third-order valence-corrected chi connectivity index (χ3v) is 2.77. The Morgan fingerprint density at radius 3 is 2.59 bits per heavy atom. The zero-order valence-electron chi connectivity index (χ0n) is 11.2. The van der Waals surface area contributed by atoms with E-state index in [4.69, 9.17) is 10.5 Å². The van der Waals surface area contributed by atoms with Gasteiger partial charge in [-0.3, -0.25) is 0 Å². The maximum absolute atomic E-state index is 5.89. The molecule has 0 heterocycles. The third kappa shape index (κ3) is 4.55. The Kier molecular flexibility index (Phi) is 5.67. The fourth-order valence-electron chi connectivity index (χ4n) is 1.64. The molecular formula is C14H24N2O. The fraction of sp³-hybridized carbons (Fsp3) is 0.571. The van der Waals surface area contributed by atoms with Gasteiger partial charge in [-0.15, -0.1) is 0 Å². The molecule has 0 aliphatic rings. The number of unbranched alkanes of at least 4 members (excludes halogenated alkanes) is 3. The highest BCUT2D eigenvalue weighted by atomic mass is 16.5. The second-order valence-corrected chi connectivity index (χ2v) is 4.53. The third-order valence-electron chi connectivity index (χ3n) is 2.77. The SMILES string of the molecule is CCCCCCOc1cc(N(C)C)ccc1N. The normalized spacial score (nSPS) is 10.3. The van der Waals surface area contributed by atoms with Crippen molar-refractivity contribution in [3.8, 4) is 5.75 Å². The summed E-state index contributed by atoms with van der Waals surface area (Å²) in [7, 11) is 4.02. The molecule has 0 fully saturated rings. The number of hydrogen-bond donors (Lipinski definition) is 1. The van der Waals surface area contributed by atoms with Crippen LogP contribution in [0.3, 0.4) is 0 Å². The molecule has 3 nitrogen and oxygen atoms in total. The number of rotatable bonds is 7. The van der Waals surface area contributed by atoms with Gasteiger partial charge in [0.25, 0.3) is 0 Å². The van der Waals surface area contributed by atoms with Crippen LogP contribution in [0.4, 0.5) is 11.4 Å². The molecule has 0 radical (unpaired) electrons. The van der Waals surface area contributed by atoms with Gasteiger partial charge in [0.2, 0.25) is 0 Å². The number of ether oxygens (including phenoxy) is 1. The highest BCUT2D eigenvalue weighted by Crippen LogP contribution is 2.26. The Bertz CT molecular complexity index is 337. The molecule has 1 aromatic rings. The van der Waals surface area contributed by atoms with Crippen molar-refractivity contribution < 1.29 is 4.74 Å². The van der Waals surface area contributed by atoms with Crippen molar-refractivity contribution in [2.75, 3.05) is 31.3 Å². The quantitative estimate of drug-likeness (QED) is 0.583. The molecule has 1 aromatic carbocycles. The lowest BCUT2D eigenvalue weighted by atomic mass is 10.2. The van der Waals surface area contributed by atoms with Crippen molar-refractivity contribution >= 4 is 11.4 Å². The first-order valence-corrected chi connectivity index (χ1v) is 6.34. The van der Waals surface area contributed by atoms with Crippen LogP contribution in [-0.4, -0.2) is 20.7 Å². The van der Waals surface area contributed by atoms with E-state index in [2.05, 4.69) is 6.92 Å². The van der Waals surface area contributed by atoms with Crippen LogP contribution in [-0.2, 0) is 0 Å². The van der Waals surface area contributed by atoms with Gasteiger partial charge in [-0.05, 0) is 18.6 Å². The molecule has 96 valence electrons. The monoisotopic (exact) mass is 236 g/mol. The number of nitrogens with two attached hydrogens (primary N) is 1. The van der Waals surface area contributed by atoms with Crippen LogP contribution < -0.4 is 15.4 Å². The van der Waals surface area contributed by atoms with E-state index in [0.717, 1.165) is 24.5 Å². The smallest absolute Gasteiger partial charge is 0.144 e. The van der Waals surface area contributed by atoms with E-state index < -0.39 is 0 Å². The Morgan fingerprint density at radius 1 is 1.18 bits per heavy atom. The van der Waals surface area contributed by atoms with Crippen molar-refractivity contribution in [2.24, 2.45) is 0 Å². The number of anilines is 2. The van der Waals surface area contributed by atoms with Crippen LogP contribution >= 0.6 is 0 Å². The number of nitrogens with zero attached hydrogens (tertiary/aromatic N) is 1. The molecule has 0 aromatic heterocycles. The molecule has 0 amide bonds. The van der Waals surface area contributed by atoms with E-state index in [1.165, 1.54) is 19.3 Å². The summed E-state index contributed by atoms with van der Waals surface area (Å²) < 4.78 is 5.72. The molecule has 0 saturated carbocycles. The lowest BCUT2D eigenvalue weighted by Gasteiger charge is -2.15. The average molecular weight is 236 g/mol. The first-order valence-electron chi connectivity index (χ1n) is 6.34. The van der Waals surface area contributed by atoms with Crippen molar-refractivity contribution in [1.29, 1.82) is 0 Å². The van der Waals surface area contributed by atoms with E-state index in [0.29, 0.717) is 5.69 Å². The van der Waals surface area contributed by atoms with Crippen molar-refractivity contribution in [3.05, 3.63) is 18.2 Å². The molecule has 0 spiro atoms. The van der Waals surface area contributed by atoms with Gasteiger partial charge in [0, 0.05) is 25.8 Å². The van der Waals surface area contributed by atoms with Gasteiger partial charge >= 0.3 is 0 Å². The molecule has 0 saturated heterocycles. The fourth-order valence-corrected chi connectivity index (χ4v) is 1.64. The van der Waals surface area contributed by atoms with E-state index in [1.54, 1.807) is 0 Å². The summed E-state index contributed by atoms with van der Waals surface area (Å²) in [4.78, 5) is 2.05. The van der Waals surface area contributed by atoms with Crippen LogP contribution in [0.2, 0.25) is 0 Å². The second kappa shape index (κ2) is 7.05. The van der Waals surface area contributed by atoms with Gasteiger partial charge in [0.1, 0.15) is 5.75 Å². The molecule has 0 aliphatic heterocycles. The zero-order valence-corrected chi connectivity index (χ0v) is 11.2. The summed E-state index contributed by atoms with van der Waals surface area (Å²) in [6.45, 7) is 2.96. The predicted octanol–water partition coefficient (Wildman–Crippen LogP) is 3.29.